The van der Waals surface area contributed by atoms with E-state index in [0.717, 1.165) is 31.5 Å². The van der Waals surface area contributed by atoms with E-state index in [1.807, 2.05) is 36.1 Å². The molecule has 1 aromatic rings. The highest BCUT2D eigenvalue weighted by atomic mass is 35.5. The molecular weight excluding hydrogens is 359 g/mol. The minimum absolute atomic E-state index is 0. The molecule has 2 aliphatic heterocycles. The van der Waals surface area contributed by atoms with E-state index in [2.05, 4.69) is 0 Å². The molecule has 140 valence electrons. The Kier molecular flexibility index (Phi) is 7.15. The third kappa shape index (κ3) is 4.30. The Morgan fingerprint density at radius 3 is 2.76 bits per heavy atom. The van der Waals surface area contributed by atoms with Crippen molar-refractivity contribution in [3.8, 4) is 0 Å². The van der Waals surface area contributed by atoms with Gasteiger partial charge in [-0.3, -0.25) is 4.79 Å². The Balaban J connectivity index is 0.00000225. The molecule has 2 aliphatic rings. The first-order valence-electron chi connectivity index (χ1n) is 8.92. The van der Waals surface area contributed by atoms with Gasteiger partial charge in [-0.2, -0.15) is 0 Å². The van der Waals surface area contributed by atoms with Gasteiger partial charge in [-0.1, -0.05) is 23.7 Å². The highest BCUT2D eigenvalue weighted by molar-refractivity contribution is 6.30. The molecular formula is C19H28Cl2N2O2. The minimum atomic E-state index is -0.511. The number of carbonyl (C=O) groups excluding carboxylic acids is 1. The number of piperidine rings is 1. The van der Waals surface area contributed by atoms with Crippen LogP contribution < -0.4 is 5.73 Å². The van der Waals surface area contributed by atoms with Gasteiger partial charge >= 0.3 is 0 Å². The van der Waals surface area contributed by atoms with Crippen molar-refractivity contribution in [3.05, 3.63) is 34.9 Å². The predicted octanol–water partition coefficient (Wildman–Crippen LogP) is 3.40. The Morgan fingerprint density at radius 1 is 1.40 bits per heavy atom. The second kappa shape index (κ2) is 8.72. The number of likely N-dealkylation sites (tertiary alicyclic amines) is 1. The van der Waals surface area contributed by atoms with E-state index in [1.54, 1.807) is 0 Å². The number of halogens is 2. The molecule has 2 saturated heterocycles. The average molecular weight is 387 g/mol. The normalized spacial score (nSPS) is 24.3. The van der Waals surface area contributed by atoms with Crippen LogP contribution in [-0.2, 0) is 14.9 Å². The van der Waals surface area contributed by atoms with Crippen LogP contribution >= 0.6 is 24.0 Å². The van der Waals surface area contributed by atoms with E-state index in [-0.39, 0.29) is 24.4 Å². The van der Waals surface area contributed by atoms with Gasteiger partial charge in [0.25, 0.3) is 0 Å². The van der Waals surface area contributed by atoms with Crippen molar-refractivity contribution in [2.75, 3.05) is 26.3 Å². The average Bonchev–Trinajstić information content (AvgIpc) is 2.61. The van der Waals surface area contributed by atoms with Crippen molar-refractivity contribution in [1.82, 2.24) is 4.90 Å². The number of benzene rings is 1. The fourth-order valence-electron chi connectivity index (χ4n) is 4.06. The van der Waals surface area contributed by atoms with E-state index in [9.17, 15) is 4.79 Å². The molecule has 2 heterocycles. The minimum Gasteiger partial charge on any atom is -0.381 e. The molecule has 2 fully saturated rings. The third-order valence-electron chi connectivity index (χ3n) is 5.62. The quantitative estimate of drug-likeness (QED) is 0.865. The fourth-order valence-corrected chi connectivity index (χ4v) is 4.25. The van der Waals surface area contributed by atoms with Gasteiger partial charge < -0.3 is 15.4 Å². The molecule has 0 saturated carbocycles. The molecule has 0 bridgehead atoms. The topological polar surface area (TPSA) is 55.6 Å². The Bertz CT molecular complexity index is 589. The maximum absolute atomic E-state index is 13.5. The second-order valence-electron chi connectivity index (χ2n) is 7.22. The number of nitrogens with two attached hydrogens (primary N) is 1. The summed E-state index contributed by atoms with van der Waals surface area (Å²) in [6.45, 7) is 4.86. The number of carbonyl (C=O) groups is 1. The molecule has 0 radical (unpaired) electrons. The molecule has 1 aromatic carbocycles. The Morgan fingerprint density at radius 2 is 2.12 bits per heavy atom. The molecule has 4 nitrogen and oxygen atoms in total. The Hall–Kier alpha value is -0.810. The maximum atomic E-state index is 13.5. The smallest absolute Gasteiger partial charge is 0.233 e. The summed E-state index contributed by atoms with van der Waals surface area (Å²) >= 11 is 6.21. The van der Waals surface area contributed by atoms with Crippen molar-refractivity contribution in [1.29, 1.82) is 0 Å². The van der Waals surface area contributed by atoms with Gasteiger partial charge in [0.2, 0.25) is 5.91 Å². The van der Waals surface area contributed by atoms with Gasteiger partial charge in [0.05, 0.1) is 5.41 Å². The first-order chi connectivity index (χ1) is 11.5. The van der Waals surface area contributed by atoms with Gasteiger partial charge in [-0.05, 0) is 56.2 Å². The van der Waals surface area contributed by atoms with Gasteiger partial charge in [-0.15, -0.1) is 12.4 Å². The number of hydrogen-bond acceptors (Lipinski definition) is 3. The third-order valence-corrected chi connectivity index (χ3v) is 5.86. The highest BCUT2D eigenvalue weighted by Gasteiger charge is 2.45. The van der Waals surface area contributed by atoms with Crippen LogP contribution in [0, 0.1) is 5.92 Å². The lowest BCUT2D eigenvalue weighted by molar-refractivity contribution is -0.143. The van der Waals surface area contributed by atoms with E-state index >= 15 is 0 Å². The molecule has 2 N–H and O–H groups in total. The molecule has 0 aliphatic carbocycles. The van der Waals surface area contributed by atoms with E-state index in [0.29, 0.717) is 37.0 Å². The van der Waals surface area contributed by atoms with Gasteiger partial charge in [0.15, 0.2) is 0 Å². The van der Waals surface area contributed by atoms with Gasteiger partial charge in [0, 0.05) is 37.4 Å². The molecule has 25 heavy (non-hydrogen) atoms. The predicted molar refractivity (Wildman–Crippen MR) is 103 cm³/mol. The number of ether oxygens (including phenoxy) is 1. The monoisotopic (exact) mass is 386 g/mol. The van der Waals surface area contributed by atoms with Crippen LogP contribution in [0.3, 0.4) is 0 Å². The van der Waals surface area contributed by atoms with Crippen molar-refractivity contribution in [3.63, 3.8) is 0 Å². The first-order valence-corrected chi connectivity index (χ1v) is 9.29. The van der Waals surface area contributed by atoms with E-state index in [4.69, 9.17) is 22.1 Å². The van der Waals surface area contributed by atoms with Crippen molar-refractivity contribution < 1.29 is 9.53 Å². The summed E-state index contributed by atoms with van der Waals surface area (Å²) in [6, 6.07) is 7.89. The molecule has 1 amide bonds. The summed E-state index contributed by atoms with van der Waals surface area (Å²) < 4.78 is 5.55. The molecule has 0 aromatic heterocycles. The van der Waals surface area contributed by atoms with Crippen molar-refractivity contribution in [2.45, 2.75) is 44.1 Å². The first kappa shape index (κ1) is 20.5. The zero-order valence-corrected chi connectivity index (χ0v) is 16.3. The van der Waals surface area contributed by atoms with E-state index < -0.39 is 5.41 Å². The SMILES string of the molecule is CC(N)C1CCCN(C(=O)C2(c3cccc(Cl)c3)CCOCC2)C1.Cl. The summed E-state index contributed by atoms with van der Waals surface area (Å²) in [7, 11) is 0. The van der Waals surface area contributed by atoms with Crippen LogP contribution in [0.4, 0.5) is 0 Å². The van der Waals surface area contributed by atoms with Crippen LogP contribution in [-0.4, -0.2) is 43.2 Å². The summed E-state index contributed by atoms with van der Waals surface area (Å²) in [5, 5.41) is 0.679. The fraction of sp³-hybridized carbons (Fsp3) is 0.632. The van der Waals surface area contributed by atoms with Crippen molar-refractivity contribution in [2.24, 2.45) is 11.7 Å². The molecule has 2 unspecified atom stereocenters. The van der Waals surface area contributed by atoms with Crippen LogP contribution in [0.5, 0.6) is 0 Å². The Labute approximate surface area is 161 Å². The summed E-state index contributed by atoms with van der Waals surface area (Å²) in [5.41, 5.74) is 6.61. The lowest BCUT2D eigenvalue weighted by Crippen LogP contribution is -2.54. The molecule has 3 rings (SSSR count). The number of amides is 1. The lowest BCUT2D eigenvalue weighted by Gasteiger charge is -2.43. The lowest BCUT2D eigenvalue weighted by atomic mass is 9.72. The summed E-state index contributed by atoms with van der Waals surface area (Å²) in [4.78, 5) is 15.6. The van der Waals surface area contributed by atoms with Crippen molar-refractivity contribution >= 4 is 29.9 Å². The van der Waals surface area contributed by atoms with E-state index in [1.165, 1.54) is 0 Å². The summed E-state index contributed by atoms with van der Waals surface area (Å²) in [5.74, 6) is 0.609. The molecule has 6 heteroatoms. The summed E-state index contributed by atoms with van der Waals surface area (Å²) in [6.07, 6.45) is 3.56. The second-order valence-corrected chi connectivity index (χ2v) is 7.65. The molecule has 0 spiro atoms. The van der Waals surface area contributed by atoms with Crippen LogP contribution in [0.2, 0.25) is 5.02 Å². The number of rotatable bonds is 3. The van der Waals surface area contributed by atoms with Gasteiger partial charge in [0.1, 0.15) is 0 Å². The zero-order chi connectivity index (χ0) is 17.2. The van der Waals surface area contributed by atoms with Crippen LogP contribution in [0.15, 0.2) is 24.3 Å². The number of nitrogens with zero attached hydrogens (tertiary/aromatic N) is 1. The zero-order valence-electron chi connectivity index (χ0n) is 14.7. The van der Waals surface area contributed by atoms with Crippen LogP contribution in [0.1, 0.15) is 38.2 Å². The van der Waals surface area contributed by atoms with Crippen LogP contribution in [0.25, 0.3) is 0 Å². The molecule has 2 atom stereocenters. The largest absolute Gasteiger partial charge is 0.381 e. The van der Waals surface area contributed by atoms with Gasteiger partial charge in [-0.25, -0.2) is 0 Å². The number of hydrogen-bond donors (Lipinski definition) is 1. The standard InChI is InChI=1S/C19H27ClN2O2.ClH/c1-14(21)15-4-3-9-22(13-15)18(23)19(7-10-24-11-8-19)16-5-2-6-17(20)12-16;/h2,5-6,12,14-15H,3-4,7-11,13,21H2,1H3;1H. The highest BCUT2D eigenvalue weighted by Crippen LogP contribution is 2.38. The maximum Gasteiger partial charge on any atom is 0.233 e.